The third kappa shape index (κ3) is 7.12. The molecule has 0 aliphatic carbocycles. The van der Waals surface area contributed by atoms with E-state index in [1.54, 1.807) is 0 Å². The molecule has 0 aromatic carbocycles. The van der Waals surface area contributed by atoms with Gasteiger partial charge in [0, 0.05) is 0 Å². The SMILES string of the molecule is CCC(C#N)n1cc[n+](C)c1.CCC(C#N)n1cc[n+](C)c1.SS. The molecule has 2 rings (SSSR count). The molecule has 6 nitrogen and oxygen atoms in total. The maximum absolute atomic E-state index is 8.71. The highest BCUT2D eigenvalue weighted by atomic mass is 33.1. The molecular weight excluding hydrogens is 340 g/mol. The van der Waals surface area contributed by atoms with Gasteiger partial charge in [-0.25, -0.2) is 18.3 Å². The molecule has 0 radical (unpaired) electrons. The highest BCUT2D eigenvalue weighted by Gasteiger charge is 2.12. The lowest BCUT2D eigenvalue weighted by atomic mass is 10.2. The molecule has 0 amide bonds. The van der Waals surface area contributed by atoms with E-state index in [1.165, 1.54) is 0 Å². The Labute approximate surface area is 154 Å². The average molecular weight is 367 g/mol. The molecule has 0 fully saturated rings. The summed E-state index contributed by atoms with van der Waals surface area (Å²) in [6.07, 6.45) is 13.2. The van der Waals surface area contributed by atoms with E-state index >= 15 is 0 Å². The van der Waals surface area contributed by atoms with Gasteiger partial charge in [0.25, 0.3) is 0 Å². The van der Waals surface area contributed by atoms with Crippen molar-refractivity contribution in [2.24, 2.45) is 14.1 Å². The smallest absolute Gasteiger partial charge is 0.240 e. The lowest BCUT2D eigenvalue weighted by molar-refractivity contribution is -0.671. The molecule has 0 N–H and O–H groups in total. The van der Waals surface area contributed by atoms with E-state index in [4.69, 9.17) is 10.5 Å². The van der Waals surface area contributed by atoms with E-state index < -0.39 is 0 Å². The van der Waals surface area contributed by atoms with Gasteiger partial charge in [0.1, 0.15) is 36.9 Å². The topological polar surface area (TPSA) is 65.2 Å². The number of hydrogen-bond acceptors (Lipinski definition) is 4. The summed E-state index contributed by atoms with van der Waals surface area (Å²) in [5.74, 6) is 0. The molecule has 0 spiro atoms. The fourth-order valence-corrected chi connectivity index (χ4v) is 2.05. The first-order valence-corrected chi connectivity index (χ1v) is 9.20. The molecule has 2 aromatic heterocycles. The fraction of sp³-hybridized carbons (Fsp3) is 0.500. The number of thiol groups is 2. The summed E-state index contributed by atoms with van der Waals surface area (Å²) in [6.45, 7) is 4.02. The Morgan fingerprint density at radius 1 is 0.875 bits per heavy atom. The number of aryl methyl sites for hydroxylation is 2. The molecular formula is C16H26N6S2+2. The average Bonchev–Trinajstić information content (AvgIpc) is 3.22. The van der Waals surface area contributed by atoms with Crippen molar-refractivity contribution in [2.75, 3.05) is 0 Å². The van der Waals surface area contributed by atoms with Gasteiger partial charge in [-0.2, -0.15) is 10.5 Å². The molecule has 0 bridgehead atoms. The zero-order valence-corrected chi connectivity index (χ0v) is 16.4. The Bertz CT molecular complexity index is 606. The van der Waals surface area contributed by atoms with Crippen LogP contribution in [0.15, 0.2) is 37.4 Å². The number of aromatic nitrogens is 4. The molecule has 8 heteroatoms. The monoisotopic (exact) mass is 366 g/mol. The molecule has 24 heavy (non-hydrogen) atoms. The second-order valence-corrected chi connectivity index (χ2v) is 5.16. The number of rotatable bonds is 4. The summed E-state index contributed by atoms with van der Waals surface area (Å²) in [6, 6.07) is 4.43. The van der Waals surface area contributed by atoms with Crippen LogP contribution in [-0.2, 0) is 14.1 Å². The normalized spacial score (nSPS) is 11.7. The molecule has 0 aliphatic heterocycles. The van der Waals surface area contributed by atoms with Gasteiger partial charge in [-0.3, -0.25) is 0 Å². The van der Waals surface area contributed by atoms with Crippen molar-refractivity contribution >= 4 is 23.3 Å². The van der Waals surface area contributed by atoms with Gasteiger partial charge >= 0.3 is 0 Å². The maximum Gasteiger partial charge on any atom is 0.244 e. The first kappa shape index (κ1) is 22.1. The van der Waals surface area contributed by atoms with Crippen LogP contribution in [0.4, 0.5) is 0 Å². The van der Waals surface area contributed by atoms with Crippen LogP contribution < -0.4 is 9.13 Å². The molecule has 130 valence electrons. The fourth-order valence-electron chi connectivity index (χ4n) is 2.05. The first-order valence-electron chi connectivity index (χ1n) is 7.60. The number of hydrogen-bond donors (Lipinski definition) is 2. The molecule has 2 atom stereocenters. The van der Waals surface area contributed by atoms with Crippen molar-refractivity contribution in [3.8, 4) is 12.1 Å². The van der Waals surface area contributed by atoms with E-state index in [0.29, 0.717) is 0 Å². The van der Waals surface area contributed by atoms with E-state index in [2.05, 4.69) is 35.5 Å². The lowest BCUT2D eigenvalue weighted by Gasteiger charge is -1.98. The summed E-state index contributed by atoms with van der Waals surface area (Å²) < 4.78 is 7.69. The second-order valence-electron chi connectivity index (χ2n) is 5.16. The summed E-state index contributed by atoms with van der Waals surface area (Å²) in [5.41, 5.74) is 0. The maximum atomic E-state index is 8.71. The Hall–Kier alpha value is -1.90. The summed E-state index contributed by atoms with van der Waals surface area (Å²) >= 11 is 6.44. The molecule has 0 aliphatic rings. The van der Waals surface area contributed by atoms with Crippen LogP contribution in [0, 0.1) is 22.7 Å². The van der Waals surface area contributed by atoms with Crippen LogP contribution in [0.5, 0.6) is 0 Å². The van der Waals surface area contributed by atoms with Crippen LogP contribution in [0.1, 0.15) is 38.8 Å². The van der Waals surface area contributed by atoms with E-state index in [1.807, 2.05) is 83.7 Å². The summed E-state index contributed by atoms with van der Waals surface area (Å²) in [5, 5.41) is 17.4. The van der Waals surface area contributed by atoms with Crippen molar-refractivity contribution < 1.29 is 9.13 Å². The Morgan fingerprint density at radius 2 is 1.21 bits per heavy atom. The van der Waals surface area contributed by atoms with Crippen molar-refractivity contribution in [1.29, 1.82) is 10.5 Å². The first-order chi connectivity index (χ1) is 11.5. The zero-order valence-electron chi connectivity index (χ0n) is 14.6. The van der Waals surface area contributed by atoms with Gasteiger partial charge in [0.15, 0.2) is 12.1 Å². The Kier molecular flexibility index (Phi) is 11.5. The van der Waals surface area contributed by atoms with Gasteiger partial charge < -0.3 is 0 Å². The second kappa shape index (κ2) is 12.5. The minimum absolute atomic E-state index is 0.0174. The molecule has 2 aromatic rings. The minimum atomic E-state index is -0.0174. The third-order valence-corrected chi connectivity index (χ3v) is 3.37. The van der Waals surface area contributed by atoms with Gasteiger partial charge in [0.2, 0.25) is 12.7 Å². The highest BCUT2D eigenvalue weighted by molar-refractivity contribution is 8.59. The Morgan fingerprint density at radius 3 is 1.38 bits per heavy atom. The predicted molar refractivity (Wildman–Crippen MR) is 99.1 cm³/mol. The highest BCUT2D eigenvalue weighted by Crippen LogP contribution is 2.07. The largest absolute Gasteiger partial charge is 0.244 e. The van der Waals surface area contributed by atoms with Gasteiger partial charge in [-0.05, 0) is 12.8 Å². The lowest BCUT2D eigenvalue weighted by Crippen LogP contribution is -2.24. The summed E-state index contributed by atoms with van der Waals surface area (Å²) in [7, 11) is 3.89. The van der Waals surface area contributed by atoms with Crippen molar-refractivity contribution in [1.82, 2.24) is 9.13 Å². The van der Waals surface area contributed by atoms with E-state index in [9.17, 15) is 0 Å². The summed E-state index contributed by atoms with van der Waals surface area (Å²) in [4.78, 5) is 0. The van der Waals surface area contributed by atoms with Crippen LogP contribution in [-0.4, -0.2) is 9.13 Å². The van der Waals surface area contributed by atoms with E-state index in [0.717, 1.165) is 12.8 Å². The van der Waals surface area contributed by atoms with Crippen LogP contribution in [0.3, 0.4) is 0 Å². The molecule has 0 saturated heterocycles. The number of nitriles is 2. The van der Waals surface area contributed by atoms with Crippen molar-refractivity contribution in [3.05, 3.63) is 37.4 Å². The molecule has 0 saturated carbocycles. The number of imidazole rings is 2. The van der Waals surface area contributed by atoms with Gasteiger partial charge in [0.05, 0.1) is 14.1 Å². The third-order valence-electron chi connectivity index (χ3n) is 3.37. The van der Waals surface area contributed by atoms with Gasteiger partial charge in [-0.15, -0.1) is 23.3 Å². The quantitative estimate of drug-likeness (QED) is 0.495. The van der Waals surface area contributed by atoms with Crippen molar-refractivity contribution in [2.45, 2.75) is 38.8 Å². The standard InChI is InChI=1S/2C8H12N3.H2S2/c2*1-3-8(6-9)11-5-4-10(2)7-11;1-2/h2*4-5,7-8H,3H2,1-2H3;1-2H/q2*+1;. The van der Waals surface area contributed by atoms with Crippen molar-refractivity contribution in [3.63, 3.8) is 0 Å². The molecule has 2 heterocycles. The van der Waals surface area contributed by atoms with Crippen LogP contribution in [0.2, 0.25) is 0 Å². The van der Waals surface area contributed by atoms with Crippen LogP contribution >= 0.6 is 23.3 Å². The predicted octanol–water partition coefficient (Wildman–Crippen LogP) is 2.34. The molecule has 2 unspecified atom stereocenters. The minimum Gasteiger partial charge on any atom is -0.240 e. The number of nitrogens with zero attached hydrogens (tertiary/aromatic N) is 6. The van der Waals surface area contributed by atoms with Gasteiger partial charge in [-0.1, -0.05) is 13.8 Å². The van der Waals surface area contributed by atoms with E-state index in [-0.39, 0.29) is 12.1 Å². The Balaban J connectivity index is 0.000000400. The zero-order chi connectivity index (χ0) is 18.5. The van der Waals surface area contributed by atoms with Crippen LogP contribution in [0.25, 0.3) is 0 Å².